The molecule has 3 N–H and O–H groups in total. The van der Waals surface area contributed by atoms with Gasteiger partial charge in [-0.1, -0.05) is 65.8 Å². The van der Waals surface area contributed by atoms with Crippen LogP contribution in [0.15, 0.2) is 107 Å². The molecule has 0 radical (unpaired) electrons. The number of hydrogen-bond donors (Lipinski definition) is 3. The van der Waals surface area contributed by atoms with Crippen molar-refractivity contribution in [1.82, 2.24) is 25.3 Å². The molecule has 0 saturated heterocycles. The molecule has 0 saturated carbocycles. The summed E-state index contributed by atoms with van der Waals surface area (Å²) in [6.45, 7) is 13.5. The maximum Gasteiger partial charge on any atom is 0.260 e. The number of fused-ring (bicyclic) bond motifs is 4. The number of nitrogens with zero attached hydrogens (tertiary/aromatic N) is 5. The predicted octanol–water partition coefficient (Wildman–Crippen LogP) is 8.06. The lowest BCUT2D eigenvalue weighted by Gasteiger charge is -2.35. The number of carbonyl (C=O) groups is 7. The molecule has 5 heterocycles. The van der Waals surface area contributed by atoms with Gasteiger partial charge in [0.1, 0.15) is 24.4 Å². The lowest BCUT2D eigenvalue weighted by atomic mass is 9.76. The summed E-state index contributed by atoms with van der Waals surface area (Å²) in [6.07, 6.45) is 11.2. The lowest BCUT2D eigenvalue weighted by molar-refractivity contribution is -0.141. The Kier molecular flexibility index (Phi) is 16.6. The van der Waals surface area contributed by atoms with Crippen LogP contribution in [0.3, 0.4) is 0 Å². The Balaban J connectivity index is 0.779. The van der Waals surface area contributed by atoms with Gasteiger partial charge >= 0.3 is 0 Å². The highest BCUT2D eigenvalue weighted by Gasteiger charge is 2.38. The monoisotopic (exact) mass is 1120 g/mol. The highest BCUT2D eigenvalue weighted by Crippen LogP contribution is 2.44. The van der Waals surface area contributed by atoms with E-state index in [0.717, 1.165) is 45.1 Å². The van der Waals surface area contributed by atoms with Crippen LogP contribution in [0.5, 0.6) is 28.7 Å². The number of anilines is 1. The van der Waals surface area contributed by atoms with E-state index in [9.17, 15) is 33.6 Å². The van der Waals surface area contributed by atoms with Crippen molar-refractivity contribution in [3.8, 4) is 28.7 Å². The summed E-state index contributed by atoms with van der Waals surface area (Å²) in [4.78, 5) is 105. The van der Waals surface area contributed by atoms with Crippen LogP contribution in [-0.2, 0) is 24.0 Å². The number of aliphatic imine (C=N–C) groups is 2. The van der Waals surface area contributed by atoms with Crippen LogP contribution in [0.1, 0.15) is 99.6 Å². The first-order chi connectivity index (χ1) is 39.0. The molecule has 4 aromatic rings. The molecule has 20 nitrogen and oxygen atoms in total. The molecule has 428 valence electrons. The Hall–Kier alpha value is -9.07. The fraction of sp³-hybridized carbons (Fsp3) is 0.371. The molecule has 5 aliphatic heterocycles. The number of carbonyl (C=O) groups excluding carboxylic acids is 7. The molecule has 20 heteroatoms. The van der Waals surface area contributed by atoms with Gasteiger partial charge in [-0.25, -0.2) is 0 Å². The summed E-state index contributed by atoms with van der Waals surface area (Å²) in [5.41, 5.74) is 5.24. The highest BCUT2D eigenvalue weighted by molar-refractivity contribution is 6.14. The molecule has 0 aromatic heterocycles. The van der Waals surface area contributed by atoms with Crippen molar-refractivity contribution in [2.45, 2.75) is 91.9 Å². The Morgan fingerprint density at radius 1 is 0.622 bits per heavy atom. The second kappa shape index (κ2) is 23.6. The molecule has 0 fully saturated rings. The Labute approximate surface area is 476 Å². The lowest BCUT2D eigenvalue weighted by Crippen LogP contribution is -2.55. The summed E-state index contributed by atoms with van der Waals surface area (Å²) in [7, 11) is 4.71. The van der Waals surface area contributed by atoms with Crippen LogP contribution in [0.2, 0.25) is 0 Å². The number of ether oxygens (including phenoxy) is 5. The summed E-state index contributed by atoms with van der Waals surface area (Å²) in [6, 6.07) is 19.1. The van der Waals surface area contributed by atoms with Gasteiger partial charge in [0.2, 0.25) is 17.7 Å². The van der Waals surface area contributed by atoms with E-state index in [1.807, 2.05) is 55.0 Å². The number of amides is 7. The molecule has 4 unspecified atom stereocenters. The minimum absolute atomic E-state index is 0.171. The third-order valence-corrected chi connectivity index (χ3v) is 14.8. The van der Waals surface area contributed by atoms with Gasteiger partial charge in [0.15, 0.2) is 23.0 Å². The van der Waals surface area contributed by atoms with E-state index in [1.165, 1.54) is 14.0 Å². The zero-order valence-electron chi connectivity index (χ0n) is 47.7. The van der Waals surface area contributed by atoms with Crippen LogP contribution in [-0.4, -0.2) is 134 Å². The van der Waals surface area contributed by atoms with Crippen LogP contribution >= 0.6 is 0 Å². The molecule has 82 heavy (non-hydrogen) atoms. The van der Waals surface area contributed by atoms with Gasteiger partial charge < -0.3 is 49.4 Å². The van der Waals surface area contributed by atoms with Crippen LogP contribution in [0.25, 0.3) is 11.1 Å². The smallest absolute Gasteiger partial charge is 0.260 e. The normalized spacial score (nSPS) is 17.9. The maximum atomic E-state index is 14.2. The zero-order valence-corrected chi connectivity index (χ0v) is 47.7. The molecule has 9 rings (SSSR count). The van der Waals surface area contributed by atoms with E-state index in [2.05, 4.69) is 43.6 Å². The first-order valence-electron chi connectivity index (χ1n) is 27.1. The van der Waals surface area contributed by atoms with E-state index in [0.29, 0.717) is 83.7 Å². The number of benzene rings is 4. The Bertz CT molecular complexity index is 3360. The van der Waals surface area contributed by atoms with E-state index >= 15 is 0 Å². The molecule has 4 atom stereocenters. The van der Waals surface area contributed by atoms with Crippen molar-refractivity contribution in [2.75, 3.05) is 46.4 Å². The number of hydrogen-bond acceptors (Lipinski definition) is 14. The number of methoxy groups -OCH3 is 3. The van der Waals surface area contributed by atoms with Gasteiger partial charge in [0.05, 0.1) is 69.1 Å². The predicted molar refractivity (Wildman–Crippen MR) is 309 cm³/mol. The van der Waals surface area contributed by atoms with Gasteiger partial charge in [-0.3, -0.25) is 48.4 Å². The van der Waals surface area contributed by atoms with Gasteiger partial charge in [0.25, 0.3) is 23.6 Å². The van der Waals surface area contributed by atoms with Crippen molar-refractivity contribution in [3.05, 3.63) is 120 Å². The summed E-state index contributed by atoms with van der Waals surface area (Å²) in [5, 5.41) is 8.00. The summed E-state index contributed by atoms with van der Waals surface area (Å²) < 4.78 is 29.8. The zero-order chi connectivity index (χ0) is 58.8. The van der Waals surface area contributed by atoms with Crippen LogP contribution in [0.4, 0.5) is 17.1 Å². The average Bonchev–Trinajstić information content (AvgIpc) is 3.63. The summed E-state index contributed by atoms with van der Waals surface area (Å²) >= 11 is 0. The molecule has 0 spiro atoms. The second-order valence-electron chi connectivity index (χ2n) is 22.9. The molecule has 0 aliphatic carbocycles. The van der Waals surface area contributed by atoms with E-state index in [1.54, 1.807) is 80.5 Å². The Morgan fingerprint density at radius 2 is 1.10 bits per heavy atom. The summed E-state index contributed by atoms with van der Waals surface area (Å²) in [5.74, 6) is -1.34. The van der Waals surface area contributed by atoms with E-state index in [4.69, 9.17) is 33.7 Å². The fourth-order valence-corrected chi connectivity index (χ4v) is 10.8. The molecule has 7 amide bonds. The number of imide groups is 1. The molecular weight excluding hydrogens is 1050 g/mol. The van der Waals surface area contributed by atoms with Gasteiger partial charge in [-0.2, -0.15) is 0 Å². The third kappa shape index (κ3) is 12.6. The van der Waals surface area contributed by atoms with Gasteiger partial charge in [0, 0.05) is 67.6 Å². The van der Waals surface area contributed by atoms with Gasteiger partial charge in [-0.05, 0) is 88.8 Å². The van der Waals surface area contributed by atoms with Crippen molar-refractivity contribution in [1.29, 1.82) is 0 Å². The SMILES string of the molecule is COc1ccc(C2=CN3C(=O)c4cc(OC)c(OCC(C)(C)CC(C)(C)COc5cc6c(cc5OC)C(=O)N5C=C(c7ccc(NC(=O)C(C)NC(=O)C(NC(=O)CN8C(=O)C=CC8=O)C(C)C)cc7)CC5C=N6)cc4N=CC3C2)cc1. The van der Waals surface area contributed by atoms with Crippen LogP contribution in [0, 0.1) is 16.7 Å². The van der Waals surface area contributed by atoms with Crippen molar-refractivity contribution >= 4 is 82.0 Å². The average molecular weight is 1120 g/mol. The standard InChI is InChI=1S/C62H68N8O12/c1-35(2)56(67-53(71)31-70-54(72)19-20-55(70)73)58(75)65-36(3)57(74)66-41-15-11-37(12-16-41)39-21-42-27-63-47-25-51(49(79-9)23-45(47)59(76)68(42)29-39)81-33-61(4,5)32-62(6,7)34-82-52-26-48-46(24-50(52)80-10)60(77)69-30-40(22-43(69)28-64-48)38-13-17-44(78-8)18-14-38/h11-20,23-30,35-36,42-43,56H,21-22,31-34H2,1-10H3,(H,65,75)(H,66,74)(H,67,71). The van der Waals surface area contributed by atoms with E-state index in [-0.39, 0.29) is 40.6 Å². The highest BCUT2D eigenvalue weighted by atomic mass is 16.5. The fourth-order valence-electron chi connectivity index (χ4n) is 10.8. The largest absolute Gasteiger partial charge is 0.497 e. The van der Waals surface area contributed by atoms with Gasteiger partial charge in [-0.15, -0.1) is 0 Å². The van der Waals surface area contributed by atoms with Crippen molar-refractivity contribution in [2.24, 2.45) is 26.7 Å². The van der Waals surface area contributed by atoms with Crippen molar-refractivity contribution in [3.63, 3.8) is 0 Å². The molecular formula is C62H68N8O12. The van der Waals surface area contributed by atoms with E-state index < -0.39 is 48.2 Å². The van der Waals surface area contributed by atoms with Crippen LogP contribution < -0.4 is 39.6 Å². The number of rotatable bonds is 21. The minimum Gasteiger partial charge on any atom is -0.497 e. The first-order valence-corrected chi connectivity index (χ1v) is 27.1. The molecule has 0 bridgehead atoms. The topological polar surface area (TPSA) is 236 Å². The molecule has 4 aromatic carbocycles. The number of nitrogens with one attached hydrogen (secondary N) is 3. The quantitative estimate of drug-likeness (QED) is 0.0672. The third-order valence-electron chi connectivity index (χ3n) is 14.8. The second-order valence-corrected chi connectivity index (χ2v) is 22.9. The maximum absolute atomic E-state index is 14.2. The minimum atomic E-state index is -1.04. The Morgan fingerprint density at radius 3 is 1.55 bits per heavy atom. The van der Waals surface area contributed by atoms with Crippen molar-refractivity contribution < 1.29 is 57.2 Å². The first kappa shape index (κ1) is 57.6. The molecule has 5 aliphatic rings.